The van der Waals surface area contributed by atoms with Gasteiger partial charge in [-0.05, 0) is 85.6 Å². The second-order valence-electron chi connectivity index (χ2n) is 10.2. The molecule has 0 saturated carbocycles. The molecule has 5 rings (SSSR count). The minimum Gasteiger partial charge on any atom is -0.495 e. The van der Waals surface area contributed by atoms with Crippen LogP contribution in [0, 0.1) is 5.82 Å². The number of para-hydroxylation sites is 2. The van der Waals surface area contributed by atoms with E-state index in [2.05, 4.69) is 10.0 Å². The second-order valence-corrected chi connectivity index (χ2v) is 14.3. The van der Waals surface area contributed by atoms with Crippen LogP contribution < -0.4 is 24.0 Å². The van der Waals surface area contributed by atoms with Gasteiger partial charge in [-0.2, -0.15) is 0 Å². The Morgan fingerprint density at radius 3 is 2.31 bits per heavy atom. The van der Waals surface area contributed by atoms with E-state index in [1.54, 1.807) is 36.4 Å². The predicted octanol–water partition coefficient (Wildman–Crippen LogP) is 5.97. The summed E-state index contributed by atoms with van der Waals surface area (Å²) >= 11 is 6.32. The van der Waals surface area contributed by atoms with E-state index in [1.165, 1.54) is 44.5 Å². The maximum Gasteiger partial charge on any atom is 0.264 e. The van der Waals surface area contributed by atoms with Gasteiger partial charge in [-0.1, -0.05) is 23.7 Å². The minimum atomic E-state index is -4.17. The monoisotopic (exact) mass is 672 g/mol. The molecule has 1 saturated heterocycles. The number of sulfonamides is 2. The number of methoxy groups -OCH3 is 1. The number of ether oxygens (including phenoxy) is 1. The molecule has 236 valence electrons. The quantitative estimate of drug-likeness (QED) is 0.213. The lowest BCUT2D eigenvalue weighted by Gasteiger charge is -2.23. The molecule has 45 heavy (non-hydrogen) atoms. The zero-order valence-corrected chi connectivity index (χ0v) is 26.7. The summed E-state index contributed by atoms with van der Waals surface area (Å²) < 4.78 is 76.4. The highest BCUT2D eigenvalue weighted by Gasteiger charge is 2.27. The molecule has 0 bridgehead atoms. The van der Waals surface area contributed by atoms with E-state index >= 15 is 0 Å². The van der Waals surface area contributed by atoms with E-state index in [9.17, 15) is 26.0 Å². The molecule has 0 aromatic heterocycles. The summed E-state index contributed by atoms with van der Waals surface area (Å²) in [6.07, 6.45) is 1.82. The topological polar surface area (TPSA) is 125 Å². The second kappa shape index (κ2) is 13.0. The van der Waals surface area contributed by atoms with Crippen LogP contribution in [0.25, 0.3) is 0 Å². The third kappa shape index (κ3) is 6.85. The molecule has 4 aromatic carbocycles. The molecule has 0 spiro atoms. The van der Waals surface area contributed by atoms with Crippen molar-refractivity contribution in [2.45, 2.75) is 22.6 Å². The van der Waals surface area contributed by atoms with E-state index in [4.69, 9.17) is 16.3 Å². The van der Waals surface area contributed by atoms with E-state index in [1.807, 2.05) is 4.90 Å². The Morgan fingerprint density at radius 2 is 1.62 bits per heavy atom. The summed E-state index contributed by atoms with van der Waals surface area (Å²) in [5.74, 6) is -0.936. The molecule has 0 radical (unpaired) electrons. The van der Waals surface area contributed by atoms with Gasteiger partial charge in [0.2, 0.25) is 0 Å². The van der Waals surface area contributed by atoms with Gasteiger partial charge in [-0.3, -0.25) is 13.8 Å². The number of halogens is 2. The van der Waals surface area contributed by atoms with Crippen LogP contribution in [0.5, 0.6) is 5.75 Å². The van der Waals surface area contributed by atoms with Crippen LogP contribution in [0.4, 0.5) is 27.1 Å². The minimum absolute atomic E-state index is 0.0183. The van der Waals surface area contributed by atoms with Gasteiger partial charge in [0, 0.05) is 25.8 Å². The molecule has 10 nitrogen and oxygen atoms in total. The van der Waals surface area contributed by atoms with E-state index in [0.717, 1.165) is 35.3 Å². The molecule has 0 aliphatic carbocycles. The molecule has 1 heterocycles. The summed E-state index contributed by atoms with van der Waals surface area (Å²) in [6, 6.07) is 19.7. The lowest BCUT2D eigenvalue weighted by atomic mass is 10.2. The van der Waals surface area contributed by atoms with Crippen molar-refractivity contribution in [1.82, 2.24) is 0 Å². The maximum atomic E-state index is 13.7. The SMILES string of the molecule is COc1ccccc1NS(=O)(=O)c1cc(NC(=O)c2cc(S(=O)(=O)N(C)c3ccc(F)cc3)ccc2Cl)ccc1N1CCCC1. The Kier molecular flexibility index (Phi) is 9.23. The van der Waals surface area contributed by atoms with Crippen LogP contribution in [0.2, 0.25) is 5.02 Å². The molecule has 4 aromatic rings. The summed E-state index contributed by atoms with van der Waals surface area (Å²) in [6.45, 7) is 1.35. The average Bonchev–Trinajstić information content (AvgIpc) is 3.56. The summed E-state index contributed by atoms with van der Waals surface area (Å²) in [5.41, 5.74) is 0.938. The van der Waals surface area contributed by atoms with Crippen LogP contribution in [0.1, 0.15) is 23.2 Å². The molecule has 1 aliphatic rings. The van der Waals surface area contributed by atoms with Crippen molar-refractivity contribution >= 4 is 60.3 Å². The van der Waals surface area contributed by atoms with Crippen LogP contribution >= 0.6 is 11.6 Å². The van der Waals surface area contributed by atoms with Crippen molar-refractivity contribution in [3.63, 3.8) is 0 Å². The molecular weight excluding hydrogens is 643 g/mol. The molecule has 1 fully saturated rings. The number of amides is 1. The number of hydrogen-bond donors (Lipinski definition) is 2. The van der Waals surface area contributed by atoms with Crippen LogP contribution in [0.3, 0.4) is 0 Å². The predicted molar refractivity (Wildman–Crippen MR) is 173 cm³/mol. The molecule has 0 unspecified atom stereocenters. The number of hydrogen-bond acceptors (Lipinski definition) is 7. The van der Waals surface area contributed by atoms with E-state index < -0.39 is 31.8 Å². The number of nitrogens with one attached hydrogen (secondary N) is 2. The first-order valence-corrected chi connectivity index (χ1v) is 17.1. The zero-order chi connectivity index (χ0) is 32.4. The van der Waals surface area contributed by atoms with Gasteiger partial charge >= 0.3 is 0 Å². The number of rotatable bonds is 10. The Balaban J connectivity index is 1.46. The maximum absolute atomic E-state index is 13.7. The molecule has 0 atom stereocenters. The number of benzene rings is 4. The first-order chi connectivity index (χ1) is 21.4. The number of carbonyl (C=O) groups is 1. The fraction of sp³-hybridized carbons (Fsp3) is 0.194. The number of anilines is 4. The summed E-state index contributed by atoms with van der Waals surface area (Å²) in [7, 11) is -5.58. The van der Waals surface area contributed by atoms with Crippen molar-refractivity contribution in [1.29, 1.82) is 0 Å². The van der Waals surface area contributed by atoms with Gasteiger partial charge in [0.15, 0.2) is 0 Å². The largest absolute Gasteiger partial charge is 0.495 e. The van der Waals surface area contributed by atoms with Crippen LogP contribution in [0.15, 0.2) is 94.7 Å². The molecule has 14 heteroatoms. The normalized spacial score (nSPS) is 13.4. The molecule has 1 amide bonds. The van der Waals surface area contributed by atoms with Gasteiger partial charge in [-0.25, -0.2) is 21.2 Å². The fourth-order valence-electron chi connectivity index (χ4n) is 4.94. The number of nitrogens with zero attached hydrogens (tertiary/aromatic N) is 2. The smallest absolute Gasteiger partial charge is 0.264 e. The highest BCUT2D eigenvalue weighted by atomic mass is 35.5. The van der Waals surface area contributed by atoms with E-state index in [-0.39, 0.29) is 37.4 Å². The average molecular weight is 673 g/mol. The third-order valence-electron chi connectivity index (χ3n) is 7.34. The van der Waals surface area contributed by atoms with Gasteiger partial charge in [0.1, 0.15) is 16.5 Å². The fourth-order valence-corrected chi connectivity index (χ4v) is 7.69. The number of carbonyl (C=O) groups excluding carboxylic acids is 1. The van der Waals surface area contributed by atoms with Crippen LogP contribution in [-0.2, 0) is 20.0 Å². The van der Waals surface area contributed by atoms with Crippen molar-refractivity contribution in [2.24, 2.45) is 0 Å². The highest BCUT2D eigenvalue weighted by molar-refractivity contribution is 7.93. The van der Waals surface area contributed by atoms with Gasteiger partial charge in [0.05, 0.1) is 39.7 Å². The van der Waals surface area contributed by atoms with Gasteiger partial charge in [0.25, 0.3) is 26.0 Å². The van der Waals surface area contributed by atoms with Crippen molar-refractivity contribution in [3.05, 3.63) is 101 Å². The van der Waals surface area contributed by atoms with Gasteiger partial charge < -0.3 is 15.0 Å². The lowest BCUT2D eigenvalue weighted by molar-refractivity contribution is 0.102. The van der Waals surface area contributed by atoms with Crippen molar-refractivity contribution < 1.29 is 30.8 Å². The Labute approximate surface area is 266 Å². The Morgan fingerprint density at radius 1 is 0.933 bits per heavy atom. The van der Waals surface area contributed by atoms with Crippen LogP contribution in [-0.4, -0.2) is 50.0 Å². The molecular formula is C31H30ClFN4O6S2. The van der Waals surface area contributed by atoms with Gasteiger partial charge in [-0.15, -0.1) is 0 Å². The van der Waals surface area contributed by atoms with E-state index in [0.29, 0.717) is 24.5 Å². The third-order valence-corrected chi connectivity index (χ3v) is 10.8. The lowest BCUT2D eigenvalue weighted by Crippen LogP contribution is -2.27. The molecule has 2 N–H and O–H groups in total. The first kappa shape index (κ1) is 32.1. The van der Waals surface area contributed by atoms with Crippen molar-refractivity contribution in [2.75, 3.05) is 46.5 Å². The van der Waals surface area contributed by atoms with Crippen molar-refractivity contribution in [3.8, 4) is 5.75 Å². The molecule has 1 aliphatic heterocycles. The Hall–Kier alpha value is -4.33. The Bertz CT molecular complexity index is 1950. The standard InChI is InChI=1S/C31H30ClFN4O6S2/c1-36(23-12-9-21(33)10-13-23)45(41,42)24-14-15-26(32)25(20-24)31(38)34-22-11-16-28(37-17-5-6-18-37)30(19-22)44(39,40)35-27-7-3-4-8-29(27)43-2/h3-4,7-16,19-20,35H,5-6,17-18H2,1-2H3,(H,34,38). The first-order valence-electron chi connectivity index (χ1n) is 13.8. The summed E-state index contributed by atoms with van der Waals surface area (Å²) in [5, 5.41) is 2.63. The highest BCUT2D eigenvalue weighted by Crippen LogP contribution is 2.34. The zero-order valence-electron chi connectivity index (χ0n) is 24.3. The summed E-state index contributed by atoms with van der Waals surface area (Å²) in [4.78, 5) is 15.1.